The van der Waals surface area contributed by atoms with E-state index in [2.05, 4.69) is 217 Å². The summed E-state index contributed by atoms with van der Waals surface area (Å²) < 4.78 is 1.49. The summed E-state index contributed by atoms with van der Waals surface area (Å²) >= 11 is 2.41. The van der Waals surface area contributed by atoms with Crippen LogP contribution in [0.4, 0.5) is 0 Å². The van der Waals surface area contributed by atoms with E-state index in [9.17, 15) is 0 Å². The summed E-state index contributed by atoms with van der Waals surface area (Å²) in [5.41, 5.74) is 19.8. The first kappa shape index (κ1) is 45.3. The van der Waals surface area contributed by atoms with Crippen molar-refractivity contribution in [3.63, 3.8) is 0 Å². The first-order valence-electron chi connectivity index (χ1n) is 18.9. The Bertz CT molecular complexity index is 2130. The molecule has 284 valence electrons. The van der Waals surface area contributed by atoms with Gasteiger partial charge in [0.1, 0.15) is 0 Å². The molecule has 0 heterocycles. The minimum atomic E-state index is -2.88. The molecule has 56 heavy (non-hydrogen) atoms. The van der Waals surface area contributed by atoms with Crippen LogP contribution in [0.25, 0.3) is 33.4 Å². The molecule has 1 unspecified atom stereocenters. The predicted octanol–water partition coefficient (Wildman–Crippen LogP) is 2.95. The normalized spacial score (nSPS) is 15.3. The van der Waals surface area contributed by atoms with Crippen LogP contribution >= 0.6 is 0 Å². The number of aryl methyl sites for hydroxylation is 6. The fourth-order valence-electron chi connectivity index (χ4n) is 9.40. The van der Waals surface area contributed by atoms with Crippen LogP contribution in [0.3, 0.4) is 0 Å². The first-order valence-corrected chi connectivity index (χ1v) is 21.7. The molecule has 0 spiro atoms. The summed E-state index contributed by atoms with van der Waals surface area (Å²) in [5, 5.41) is 4.12. The Labute approximate surface area is 367 Å². The van der Waals surface area contributed by atoms with Crippen molar-refractivity contribution >= 4 is 23.6 Å². The van der Waals surface area contributed by atoms with Crippen molar-refractivity contribution in [3.8, 4) is 33.4 Å². The molecule has 7 rings (SSSR count). The Kier molecular flexibility index (Phi) is 14.3. The third-order valence-corrected chi connectivity index (χ3v) is 19.6. The van der Waals surface area contributed by atoms with Gasteiger partial charge in [-0.15, -0.1) is 0 Å². The fraction of sp³-hybridized carbons (Fsp3) is 0.216. The average Bonchev–Trinajstić information content (AvgIpc) is 3.27. The molecular formula is C51H51Cl3SiTi. The van der Waals surface area contributed by atoms with Gasteiger partial charge in [-0.1, -0.05) is 0 Å². The maximum absolute atomic E-state index is 2.88. The Hall–Kier alpha value is -3.40. The number of benzene rings is 6. The largest absolute Gasteiger partial charge is 1.00 e. The zero-order chi connectivity index (χ0) is 37.8. The van der Waals surface area contributed by atoms with Gasteiger partial charge in [-0.3, -0.25) is 0 Å². The van der Waals surface area contributed by atoms with E-state index >= 15 is 0 Å². The smallest absolute Gasteiger partial charge is 1.00 e. The minimum absolute atomic E-state index is 0. The average molecular weight is 846 g/mol. The molecular weight excluding hydrogens is 795 g/mol. The van der Waals surface area contributed by atoms with Crippen molar-refractivity contribution in [2.75, 3.05) is 0 Å². The maximum atomic E-state index is 2.57. The zero-order valence-corrected chi connectivity index (χ0v) is 39.1. The number of allylic oxidation sites excluding steroid dienone is 4. The Balaban J connectivity index is 0.00000232. The van der Waals surface area contributed by atoms with E-state index in [0.717, 1.165) is 0 Å². The van der Waals surface area contributed by atoms with Gasteiger partial charge in [-0.2, -0.15) is 0 Å². The van der Waals surface area contributed by atoms with Gasteiger partial charge in [0.2, 0.25) is 0 Å². The number of rotatable bonds is 7. The van der Waals surface area contributed by atoms with Crippen LogP contribution in [-0.2, 0) is 20.4 Å². The molecule has 1 atom stereocenters. The fourth-order valence-corrected chi connectivity index (χ4v) is 16.9. The molecule has 1 aliphatic rings. The first-order chi connectivity index (χ1) is 25.2. The van der Waals surface area contributed by atoms with E-state index in [0.29, 0.717) is 0 Å². The van der Waals surface area contributed by atoms with Gasteiger partial charge in [-0.25, -0.2) is 0 Å². The molecule has 0 aromatic heterocycles. The van der Waals surface area contributed by atoms with E-state index in [1.54, 1.807) is 0 Å². The molecule has 0 nitrogen and oxygen atoms in total. The molecule has 0 radical (unpaired) electrons. The summed E-state index contributed by atoms with van der Waals surface area (Å²) in [7, 11) is -2.88. The molecule has 6 aromatic rings. The van der Waals surface area contributed by atoms with Crippen LogP contribution in [0.2, 0.25) is 5.04 Å². The maximum Gasteiger partial charge on any atom is -1.00 e. The molecule has 0 saturated carbocycles. The Morgan fingerprint density at radius 2 is 0.607 bits per heavy atom. The van der Waals surface area contributed by atoms with E-state index in [-0.39, 0.29) is 42.3 Å². The summed E-state index contributed by atoms with van der Waals surface area (Å²) in [6.07, 6.45) is 0. The predicted molar refractivity (Wildman–Crippen MR) is 228 cm³/mol. The van der Waals surface area contributed by atoms with Gasteiger partial charge >= 0.3 is 333 Å². The summed E-state index contributed by atoms with van der Waals surface area (Å²) in [4.78, 5) is 0. The van der Waals surface area contributed by atoms with Crippen LogP contribution in [0.1, 0.15) is 61.1 Å². The molecule has 0 fully saturated rings. The molecule has 0 N–H and O–H groups in total. The number of hydrogen-bond acceptors (Lipinski definition) is 0. The van der Waals surface area contributed by atoms with Gasteiger partial charge in [0.25, 0.3) is 0 Å². The van der Waals surface area contributed by atoms with E-state index < -0.39 is 8.07 Å². The molecule has 1 aliphatic carbocycles. The third-order valence-electron chi connectivity index (χ3n) is 12.1. The van der Waals surface area contributed by atoms with Gasteiger partial charge in [-0.05, 0) is 0 Å². The molecule has 6 aromatic carbocycles. The second-order valence-electron chi connectivity index (χ2n) is 16.0. The molecule has 0 saturated heterocycles. The van der Waals surface area contributed by atoms with Crippen LogP contribution in [0, 0.1) is 41.5 Å². The van der Waals surface area contributed by atoms with Crippen molar-refractivity contribution in [1.29, 1.82) is 0 Å². The second-order valence-corrected chi connectivity index (χ2v) is 21.0. The molecule has 0 bridgehead atoms. The van der Waals surface area contributed by atoms with Crippen molar-refractivity contribution in [2.45, 2.75) is 74.3 Å². The van der Waals surface area contributed by atoms with E-state index in [4.69, 9.17) is 0 Å². The van der Waals surface area contributed by atoms with Gasteiger partial charge in [0.15, 0.2) is 0 Å². The van der Waals surface area contributed by atoms with E-state index in [1.165, 1.54) is 103 Å². The van der Waals surface area contributed by atoms with E-state index in [1.807, 2.05) is 0 Å². The minimum Gasteiger partial charge on any atom is -1.00 e. The molecule has 0 aliphatic heterocycles. The quantitative estimate of drug-likeness (QED) is 0.172. The topological polar surface area (TPSA) is 0 Å². The number of hydrogen-bond donors (Lipinski definition) is 0. The SMILES string of the molecule is CC1=C(C)C(C)([Si](c2ccc(-c3cc(C)cc(C)c3)cc2)(c2ccc(-c3cc(C)cc(C)c3)cc2)c2ccc(-c3cc(C)cc(C)c3)cc2)[C]([Ti+3])=C1C.[Cl-].[Cl-].[Cl-]. The molecule has 5 heteroatoms. The Morgan fingerprint density at radius 1 is 0.357 bits per heavy atom. The van der Waals surface area contributed by atoms with Gasteiger partial charge < -0.3 is 37.2 Å². The Morgan fingerprint density at radius 3 is 0.821 bits per heavy atom. The summed E-state index contributed by atoms with van der Waals surface area (Å²) in [6.45, 7) is 22.8. The monoisotopic (exact) mass is 844 g/mol. The second kappa shape index (κ2) is 17.6. The summed E-state index contributed by atoms with van der Waals surface area (Å²) in [6, 6.07) is 49.8. The van der Waals surface area contributed by atoms with Crippen LogP contribution in [0.5, 0.6) is 0 Å². The van der Waals surface area contributed by atoms with Crippen molar-refractivity contribution in [1.82, 2.24) is 0 Å². The van der Waals surface area contributed by atoms with Gasteiger partial charge in [0, 0.05) is 0 Å². The molecule has 0 amide bonds. The number of halogens is 3. The summed E-state index contributed by atoms with van der Waals surface area (Å²) in [5.74, 6) is 0. The van der Waals surface area contributed by atoms with Gasteiger partial charge in [0.05, 0.1) is 0 Å². The third kappa shape index (κ3) is 7.89. The van der Waals surface area contributed by atoms with Crippen LogP contribution < -0.4 is 52.8 Å². The standard InChI is InChI=1S/C51H51Si.3ClH.Ti/c1-33-23-34(2)27-45(26-33)42-11-17-48(18-12-42)52(51(10)32-39(7)40(8)41(51)9,49-19-13-43(14-20-49)46-28-35(3)24-36(4)29-46)50-21-15-44(16-22-50)47-30-37(5)25-38(6)31-47;;;;/h11-31H,1-10H3;3*1H;/q;;;;+3/p-3. The van der Waals surface area contributed by atoms with Crippen molar-refractivity contribution in [2.24, 2.45) is 0 Å². The van der Waals surface area contributed by atoms with Crippen molar-refractivity contribution in [3.05, 3.63) is 181 Å². The zero-order valence-electron chi connectivity index (χ0n) is 34.3. The van der Waals surface area contributed by atoms with Crippen molar-refractivity contribution < 1.29 is 57.7 Å². The van der Waals surface area contributed by atoms with Crippen LogP contribution in [0.15, 0.2) is 148 Å². The van der Waals surface area contributed by atoms with Crippen LogP contribution in [-0.4, -0.2) is 8.07 Å².